The van der Waals surface area contributed by atoms with Crippen molar-refractivity contribution in [3.63, 3.8) is 0 Å². The Hall–Kier alpha value is -3.52. The molecule has 4 rings (SSSR count). The Balaban J connectivity index is 1.42. The number of rotatable bonds is 5. The molecule has 29 heavy (non-hydrogen) atoms. The van der Waals surface area contributed by atoms with Gasteiger partial charge < -0.3 is 9.84 Å². The van der Waals surface area contributed by atoms with Crippen molar-refractivity contribution in [2.75, 3.05) is 0 Å². The van der Waals surface area contributed by atoms with E-state index in [2.05, 4.69) is 25.8 Å². The highest BCUT2D eigenvalue weighted by Crippen LogP contribution is 2.22. The van der Waals surface area contributed by atoms with Gasteiger partial charge in [-0.15, -0.1) is 5.10 Å². The van der Waals surface area contributed by atoms with E-state index < -0.39 is 0 Å². The normalized spacial score (nSPS) is 10.9. The summed E-state index contributed by atoms with van der Waals surface area (Å²) < 4.78 is 6.82. The van der Waals surface area contributed by atoms with Gasteiger partial charge in [-0.3, -0.25) is 9.78 Å². The summed E-state index contributed by atoms with van der Waals surface area (Å²) in [6.45, 7) is 3.97. The van der Waals surface area contributed by atoms with E-state index >= 15 is 0 Å². The third-order valence-corrected chi connectivity index (χ3v) is 4.51. The first-order valence-corrected chi connectivity index (χ1v) is 9.24. The van der Waals surface area contributed by atoms with Crippen molar-refractivity contribution >= 4 is 17.5 Å². The zero-order valence-electron chi connectivity index (χ0n) is 15.8. The minimum atomic E-state index is -0.366. The van der Waals surface area contributed by atoms with Crippen molar-refractivity contribution in [1.82, 2.24) is 30.5 Å². The molecule has 1 amide bonds. The van der Waals surface area contributed by atoms with E-state index in [1.165, 1.54) is 4.68 Å². The van der Waals surface area contributed by atoms with E-state index in [9.17, 15) is 4.79 Å². The molecule has 3 aromatic heterocycles. The Morgan fingerprint density at radius 3 is 2.86 bits per heavy atom. The average Bonchev–Trinajstić information content (AvgIpc) is 3.36. The molecule has 8 nitrogen and oxygen atoms in total. The number of carbonyl (C=O) groups is 1. The van der Waals surface area contributed by atoms with E-state index in [4.69, 9.17) is 16.1 Å². The van der Waals surface area contributed by atoms with Gasteiger partial charge in [-0.25, -0.2) is 4.68 Å². The number of hydrogen-bond donors (Lipinski definition) is 1. The van der Waals surface area contributed by atoms with Gasteiger partial charge in [0, 0.05) is 22.3 Å². The summed E-state index contributed by atoms with van der Waals surface area (Å²) in [5.74, 6) is 0.147. The zero-order valence-corrected chi connectivity index (χ0v) is 16.5. The summed E-state index contributed by atoms with van der Waals surface area (Å²) in [7, 11) is 0. The molecule has 0 aliphatic carbocycles. The lowest BCUT2D eigenvalue weighted by Crippen LogP contribution is -2.22. The standard InChI is InChI=1S/C20H17ClN6O2/c1-12-6-7-19(13(2)23-12)27-11-18(24-26-27)20(28)22-10-16-9-17(25-29-16)14-4-3-5-15(21)8-14/h3-9,11H,10H2,1-2H3,(H,22,28). The quantitative estimate of drug-likeness (QED) is 0.542. The van der Waals surface area contributed by atoms with E-state index in [1.54, 1.807) is 24.4 Å². The monoisotopic (exact) mass is 408 g/mol. The molecule has 0 aliphatic heterocycles. The molecule has 146 valence electrons. The first-order chi connectivity index (χ1) is 14.0. The maximum atomic E-state index is 12.4. The van der Waals surface area contributed by atoms with Crippen LogP contribution in [-0.4, -0.2) is 31.0 Å². The minimum absolute atomic E-state index is 0.171. The number of carbonyl (C=O) groups excluding carboxylic acids is 1. The minimum Gasteiger partial charge on any atom is -0.359 e. The number of aryl methyl sites for hydroxylation is 2. The van der Waals surface area contributed by atoms with Gasteiger partial charge in [0.05, 0.1) is 24.1 Å². The summed E-state index contributed by atoms with van der Waals surface area (Å²) in [6.07, 6.45) is 1.56. The van der Waals surface area contributed by atoms with E-state index in [-0.39, 0.29) is 18.1 Å². The van der Waals surface area contributed by atoms with Crippen LogP contribution >= 0.6 is 11.6 Å². The Morgan fingerprint density at radius 2 is 2.07 bits per heavy atom. The molecule has 0 unspecified atom stereocenters. The van der Waals surface area contributed by atoms with Crippen molar-refractivity contribution in [2.24, 2.45) is 0 Å². The van der Waals surface area contributed by atoms with Crippen molar-refractivity contribution in [1.29, 1.82) is 0 Å². The lowest BCUT2D eigenvalue weighted by Gasteiger charge is -2.04. The Bertz CT molecular complexity index is 1180. The molecule has 0 saturated carbocycles. The molecular formula is C20H17ClN6O2. The van der Waals surface area contributed by atoms with Crippen molar-refractivity contribution < 1.29 is 9.32 Å². The summed E-state index contributed by atoms with van der Waals surface area (Å²) in [6, 6.07) is 12.8. The molecule has 0 spiro atoms. The third kappa shape index (κ3) is 4.17. The van der Waals surface area contributed by atoms with Crippen LogP contribution in [0.25, 0.3) is 16.9 Å². The number of nitrogens with zero attached hydrogens (tertiary/aromatic N) is 5. The van der Waals surface area contributed by atoms with Gasteiger partial charge in [0.2, 0.25) is 0 Å². The van der Waals surface area contributed by atoms with E-state index in [0.717, 1.165) is 22.6 Å². The molecule has 1 aromatic carbocycles. The highest BCUT2D eigenvalue weighted by Gasteiger charge is 2.14. The number of amides is 1. The summed E-state index contributed by atoms with van der Waals surface area (Å²) >= 11 is 6.00. The SMILES string of the molecule is Cc1ccc(-n2cc(C(=O)NCc3cc(-c4cccc(Cl)c4)no3)nn2)c(C)n1. The number of benzene rings is 1. The first-order valence-electron chi connectivity index (χ1n) is 8.86. The van der Waals surface area contributed by atoms with Crippen LogP contribution < -0.4 is 5.32 Å². The van der Waals surface area contributed by atoms with Crippen LogP contribution in [-0.2, 0) is 6.54 Å². The molecule has 9 heteroatoms. The second-order valence-electron chi connectivity index (χ2n) is 6.48. The summed E-state index contributed by atoms with van der Waals surface area (Å²) in [4.78, 5) is 16.8. The van der Waals surface area contributed by atoms with Gasteiger partial charge >= 0.3 is 0 Å². The summed E-state index contributed by atoms with van der Waals surface area (Å²) in [5, 5.41) is 15.3. The fraction of sp³-hybridized carbons (Fsp3) is 0.150. The fourth-order valence-electron chi connectivity index (χ4n) is 2.85. The van der Waals surface area contributed by atoms with Gasteiger partial charge in [0.1, 0.15) is 5.69 Å². The van der Waals surface area contributed by atoms with Crippen LogP contribution in [0.4, 0.5) is 0 Å². The predicted octanol–water partition coefficient (Wildman–Crippen LogP) is 3.52. The van der Waals surface area contributed by atoms with Crippen LogP contribution in [0.15, 0.2) is 53.2 Å². The molecular weight excluding hydrogens is 392 g/mol. The van der Waals surface area contributed by atoms with Crippen LogP contribution in [0.2, 0.25) is 5.02 Å². The number of hydrogen-bond acceptors (Lipinski definition) is 6. The molecule has 0 atom stereocenters. The molecule has 0 bridgehead atoms. The number of nitrogens with one attached hydrogen (secondary N) is 1. The van der Waals surface area contributed by atoms with E-state index in [1.807, 2.05) is 38.1 Å². The second-order valence-corrected chi connectivity index (χ2v) is 6.91. The molecule has 0 fully saturated rings. The average molecular weight is 409 g/mol. The summed E-state index contributed by atoms with van der Waals surface area (Å²) in [5.41, 5.74) is 4.16. The third-order valence-electron chi connectivity index (χ3n) is 4.27. The van der Waals surface area contributed by atoms with Crippen LogP contribution in [0.1, 0.15) is 27.6 Å². The van der Waals surface area contributed by atoms with Crippen molar-refractivity contribution in [3.05, 3.63) is 76.5 Å². The Morgan fingerprint density at radius 1 is 1.21 bits per heavy atom. The molecule has 0 aliphatic rings. The number of pyridine rings is 1. The van der Waals surface area contributed by atoms with E-state index in [0.29, 0.717) is 16.5 Å². The van der Waals surface area contributed by atoms with Gasteiger partial charge in [0.15, 0.2) is 11.5 Å². The van der Waals surface area contributed by atoms with Crippen molar-refractivity contribution in [2.45, 2.75) is 20.4 Å². The second kappa shape index (κ2) is 7.84. The van der Waals surface area contributed by atoms with Crippen LogP contribution in [0.3, 0.4) is 0 Å². The van der Waals surface area contributed by atoms with Gasteiger partial charge in [-0.1, -0.05) is 34.1 Å². The zero-order chi connectivity index (χ0) is 20.4. The lowest BCUT2D eigenvalue weighted by molar-refractivity contribution is 0.0942. The lowest BCUT2D eigenvalue weighted by atomic mass is 10.1. The largest absolute Gasteiger partial charge is 0.359 e. The van der Waals surface area contributed by atoms with Gasteiger partial charge in [-0.05, 0) is 38.1 Å². The molecule has 3 heterocycles. The smallest absolute Gasteiger partial charge is 0.273 e. The number of aromatic nitrogens is 5. The fourth-order valence-corrected chi connectivity index (χ4v) is 3.04. The molecule has 1 N–H and O–H groups in total. The molecule has 0 saturated heterocycles. The predicted molar refractivity (Wildman–Crippen MR) is 107 cm³/mol. The van der Waals surface area contributed by atoms with Crippen LogP contribution in [0.5, 0.6) is 0 Å². The highest BCUT2D eigenvalue weighted by molar-refractivity contribution is 6.30. The maximum Gasteiger partial charge on any atom is 0.273 e. The Kier molecular flexibility index (Phi) is 5.09. The first kappa shape index (κ1) is 18.8. The molecule has 0 radical (unpaired) electrons. The van der Waals surface area contributed by atoms with Crippen LogP contribution in [0, 0.1) is 13.8 Å². The molecule has 4 aromatic rings. The van der Waals surface area contributed by atoms with Crippen molar-refractivity contribution in [3.8, 4) is 16.9 Å². The highest BCUT2D eigenvalue weighted by atomic mass is 35.5. The maximum absolute atomic E-state index is 12.4. The topological polar surface area (TPSA) is 98.7 Å². The Labute approximate surface area is 171 Å². The number of halogens is 1. The van der Waals surface area contributed by atoms with Gasteiger partial charge in [0.25, 0.3) is 5.91 Å². The van der Waals surface area contributed by atoms with Gasteiger partial charge in [-0.2, -0.15) is 0 Å².